The number of benzene rings is 2. The number of hydrogen-bond acceptors (Lipinski definition) is 5. The quantitative estimate of drug-likeness (QED) is 0.794. The van der Waals surface area contributed by atoms with Crippen LogP contribution in [0.25, 0.3) is 5.57 Å². The molecule has 0 atom stereocenters. The molecule has 0 aromatic heterocycles. The number of nitrogens with zero attached hydrogens (tertiary/aromatic N) is 2. The van der Waals surface area contributed by atoms with E-state index in [9.17, 15) is 14.7 Å². The summed E-state index contributed by atoms with van der Waals surface area (Å²) < 4.78 is 5.22. The summed E-state index contributed by atoms with van der Waals surface area (Å²) >= 11 is 0. The van der Waals surface area contributed by atoms with E-state index in [1.54, 1.807) is 36.2 Å². The number of anilines is 1. The maximum Gasteiger partial charge on any atom is 0.282 e. The predicted octanol–water partition coefficient (Wildman–Crippen LogP) is 2.21. The fourth-order valence-corrected chi connectivity index (χ4v) is 3.10. The average Bonchev–Trinajstić information content (AvgIpc) is 2.93. The fourth-order valence-electron chi connectivity index (χ4n) is 3.10. The van der Waals surface area contributed by atoms with Gasteiger partial charge in [0.05, 0.1) is 25.0 Å². The van der Waals surface area contributed by atoms with Crippen molar-refractivity contribution in [3.05, 3.63) is 65.4 Å². The predicted molar refractivity (Wildman–Crippen MR) is 103 cm³/mol. The Morgan fingerprint density at radius 1 is 1.07 bits per heavy atom. The Kier molecular flexibility index (Phi) is 5.28. The van der Waals surface area contributed by atoms with Crippen molar-refractivity contribution in [3.8, 4) is 5.75 Å². The van der Waals surface area contributed by atoms with Crippen LogP contribution in [0.2, 0.25) is 0 Å². The molecule has 140 valence electrons. The van der Waals surface area contributed by atoms with Crippen LogP contribution in [0.5, 0.6) is 5.75 Å². The lowest BCUT2D eigenvalue weighted by Crippen LogP contribution is -2.34. The second-order valence-corrected chi connectivity index (χ2v) is 6.38. The Labute approximate surface area is 158 Å². The number of rotatable bonds is 6. The molecule has 0 bridgehead atoms. The van der Waals surface area contributed by atoms with E-state index in [2.05, 4.69) is 0 Å². The summed E-state index contributed by atoms with van der Waals surface area (Å²) in [6.45, 7) is 2.08. The highest BCUT2D eigenvalue weighted by molar-refractivity contribution is 6.45. The Morgan fingerprint density at radius 2 is 1.78 bits per heavy atom. The van der Waals surface area contributed by atoms with Gasteiger partial charge in [-0.05, 0) is 24.6 Å². The second-order valence-electron chi connectivity index (χ2n) is 6.38. The number of amides is 2. The molecule has 6 nitrogen and oxygen atoms in total. The molecule has 0 spiro atoms. The molecule has 0 radical (unpaired) electrons. The molecule has 1 heterocycles. The van der Waals surface area contributed by atoms with Crippen LogP contribution in [0.4, 0.5) is 5.69 Å². The molecule has 27 heavy (non-hydrogen) atoms. The van der Waals surface area contributed by atoms with Gasteiger partial charge in [-0.15, -0.1) is 0 Å². The van der Waals surface area contributed by atoms with Gasteiger partial charge in [-0.3, -0.25) is 9.59 Å². The zero-order chi connectivity index (χ0) is 19.6. The van der Waals surface area contributed by atoms with E-state index in [-0.39, 0.29) is 18.8 Å². The number of imide groups is 1. The van der Waals surface area contributed by atoms with E-state index >= 15 is 0 Å². The van der Waals surface area contributed by atoms with Crippen molar-refractivity contribution >= 4 is 23.1 Å². The van der Waals surface area contributed by atoms with E-state index in [1.807, 2.05) is 31.2 Å². The van der Waals surface area contributed by atoms with Crippen LogP contribution in [0.15, 0.2) is 54.2 Å². The Hall–Kier alpha value is -3.12. The maximum absolute atomic E-state index is 13.2. The number of carbonyl (C=O) groups excluding carboxylic acids is 2. The van der Waals surface area contributed by atoms with Gasteiger partial charge in [-0.2, -0.15) is 0 Å². The summed E-state index contributed by atoms with van der Waals surface area (Å²) in [5, 5.41) is 9.30. The SMILES string of the molecule is COc1cccc(N2C(=O)C(c3ccc(C)cc3)=C(N(C)CCO)C2=O)c1. The van der Waals surface area contributed by atoms with E-state index in [1.165, 1.54) is 7.11 Å². The molecule has 0 aliphatic carbocycles. The van der Waals surface area contributed by atoms with Crippen molar-refractivity contribution in [2.24, 2.45) is 0 Å². The average molecular weight is 366 g/mol. The zero-order valence-corrected chi connectivity index (χ0v) is 15.6. The molecule has 6 heteroatoms. The largest absolute Gasteiger partial charge is 0.497 e. The molecular formula is C21H22N2O4. The Morgan fingerprint density at radius 3 is 2.41 bits per heavy atom. The number of carbonyl (C=O) groups is 2. The summed E-state index contributed by atoms with van der Waals surface area (Å²) in [6, 6.07) is 14.3. The number of likely N-dealkylation sites (N-methyl/N-ethyl adjacent to an activating group) is 1. The first-order valence-electron chi connectivity index (χ1n) is 8.64. The molecule has 0 saturated heterocycles. The zero-order valence-electron chi connectivity index (χ0n) is 15.6. The number of aliphatic hydroxyl groups is 1. The standard InChI is InChI=1S/C21H22N2O4/c1-14-7-9-15(10-8-14)18-19(22(2)11-12-24)21(26)23(20(18)25)16-5-4-6-17(13-16)27-3/h4-10,13,24H,11-12H2,1-3H3. The van der Waals surface area contributed by atoms with Crippen LogP contribution in [-0.4, -0.2) is 49.1 Å². The molecule has 0 saturated carbocycles. The molecule has 2 amide bonds. The summed E-state index contributed by atoms with van der Waals surface area (Å²) in [4.78, 5) is 29.2. The number of methoxy groups -OCH3 is 1. The van der Waals surface area contributed by atoms with Gasteiger partial charge in [0.25, 0.3) is 11.8 Å². The lowest BCUT2D eigenvalue weighted by atomic mass is 10.0. The highest BCUT2D eigenvalue weighted by Gasteiger charge is 2.41. The van der Waals surface area contributed by atoms with Gasteiger partial charge < -0.3 is 14.7 Å². The van der Waals surface area contributed by atoms with Crippen LogP contribution in [0, 0.1) is 6.92 Å². The molecule has 1 aliphatic heterocycles. The third-order valence-corrected chi connectivity index (χ3v) is 4.53. The number of aliphatic hydroxyl groups excluding tert-OH is 1. The van der Waals surface area contributed by atoms with Gasteiger partial charge in [-0.25, -0.2) is 4.90 Å². The lowest BCUT2D eigenvalue weighted by molar-refractivity contribution is -0.120. The maximum atomic E-state index is 13.2. The van der Waals surface area contributed by atoms with Gasteiger partial charge in [-0.1, -0.05) is 35.9 Å². The van der Waals surface area contributed by atoms with E-state index in [0.29, 0.717) is 22.6 Å². The minimum absolute atomic E-state index is 0.123. The molecule has 0 fully saturated rings. The summed E-state index contributed by atoms with van der Waals surface area (Å²) in [5.74, 6) is -0.251. The summed E-state index contributed by atoms with van der Waals surface area (Å²) in [6.07, 6.45) is 0. The topological polar surface area (TPSA) is 70.1 Å². The number of hydrogen-bond donors (Lipinski definition) is 1. The van der Waals surface area contributed by atoms with Gasteiger partial charge in [0, 0.05) is 19.7 Å². The highest BCUT2D eigenvalue weighted by Crippen LogP contribution is 2.35. The molecule has 0 unspecified atom stereocenters. The van der Waals surface area contributed by atoms with Crippen molar-refractivity contribution in [2.45, 2.75) is 6.92 Å². The first kappa shape index (κ1) is 18.7. The van der Waals surface area contributed by atoms with Gasteiger partial charge >= 0.3 is 0 Å². The lowest BCUT2D eigenvalue weighted by Gasteiger charge is -2.20. The fraction of sp³-hybridized carbons (Fsp3) is 0.238. The molecule has 2 aromatic carbocycles. The van der Waals surface area contributed by atoms with Gasteiger partial charge in [0.1, 0.15) is 11.4 Å². The van der Waals surface area contributed by atoms with E-state index < -0.39 is 11.8 Å². The van der Waals surface area contributed by atoms with Crippen molar-refractivity contribution < 1.29 is 19.4 Å². The number of ether oxygens (including phenoxy) is 1. The third-order valence-electron chi connectivity index (χ3n) is 4.53. The van der Waals surface area contributed by atoms with Crippen LogP contribution in [0.3, 0.4) is 0 Å². The normalized spacial score (nSPS) is 14.1. The molecular weight excluding hydrogens is 344 g/mol. The highest BCUT2D eigenvalue weighted by atomic mass is 16.5. The smallest absolute Gasteiger partial charge is 0.282 e. The van der Waals surface area contributed by atoms with Crippen molar-refractivity contribution in [2.75, 3.05) is 32.2 Å². The van der Waals surface area contributed by atoms with E-state index in [0.717, 1.165) is 10.5 Å². The Balaban J connectivity index is 2.11. The van der Waals surface area contributed by atoms with Crippen molar-refractivity contribution in [1.82, 2.24) is 4.90 Å². The monoisotopic (exact) mass is 366 g/mol. The van der Waals surface area contributed by atoms with Crippen LogP contribution >= 0.6 is 0 Å². The van der Waals surface area contributed by atoms with Crippen LogP contribution in [-0.2, 0) is 9.59 Å². The molecule has 1 aliphatic rings. The summed E-state index contributed by atoms with van der Waals surface area (Å²) in [7, 11) is 3.23. The summed E-state index contributed by atoms with van der Waals surface area (Å²) in [5.41, 5.74) is 2.79. The first-order valence-corrected chi connectivity index (χ1v) is 8.64. The van der Waals surface area contributed by atoms with Crippen molar-refractivity contribution in [1.29, 1.82) is 0 Å². The number of aryl methyl sites for hydroxylation is 1. The van der Waals surface area contributed by atoms with Crippen molar-refractivity contribution in [3.63, 3.8) is 0 Å². The third kappa shape index (κ3) is 3.44. The van der Waals surface area contributed by atoms with Crippen LogP contribution in [0.1, 0.15) is 11.1 Å². The molecule has 3 rings (SSSR count). The minimum atomic E-state index is -0.417. The molecule has 2 aromatic rings. The second kappa shape index (κ2) is 7.63. The minimum Gasteiger partial charge on any atom is -0.497 e. The molecule has 1 N–H and O–H groups in total. The first-order chi connectivity index (χ1) is 13.0. The Bertz CT molecular complexity index is 903. The van der Waals surface area contributed by atoms with E-state index in [4.69, 9.17) is 4.74 Å². The van der Waals surface area contributed by atoms with Gasteiger partial charge in [0.15, 0.2) is 0 Å². The van der Waals surface area contributed by atoms with Gasteiger partial charge in [0.2, 0.25) is 0 Å². The van der Waals surface area contributed by atoms with Crippen LogP contribution < -0.4 is 9.64 Å².